The molecule has 1 aromatic carbocycles. The maximum absolute atomic E-state index is 5.96. The monoisotopic (exact) mass is 323 g/mol. The number of aryl methyl sites for hydroxylation is 1. The molecule has 3 aromatic rings. The van der Waals surface area contributed by atoms with Crippen LogP contribution in [0.1, 0.15) is 12.8 Å². The first kappa shape index (κ1) is 15.2. The van der Waals surface area contributed by atoms with Gasteiger partial charge in [0, 0.05) is 12.4 Å². The highest BCUT2D eigenvalue weighted by atomic mass is 28.3. The molecule has 6 nitrogen and oxygen atoms in total. The van der Waals surface area contributed by atoms with Crippen LogP contribution in [0, 0.1) is 6.92 Å². The lowest BCUT2D eigenvalue weighted by atomic mass is 10.2. The maximum Gasteiger partial charge on any atom is 1.00 e. The number of aliphatic imine (C=N–C) groups is 1. The third kappa shape index (κ3) is 3.57. The van der Waals surface area contributed by atoms with E-state index in [4.69, 9.17) is 4.43 Å². The van der Waals surface area contributed by atoms with Crippen LogP contribution in [0.2, 0.25) is 13.1 Å². The summed E-state index contributed by atoms with van der Waals surface area (Å²) in [6.45, 7) is 6.20. The topological polar surface area (TPSA) is 73.2 Å². The quantitative estimate of drug-likeness (QED) is 0.544. The molecule has 0 unspecified atom stereocenters. The summed E-state index contributed by atoms with van der Waals surface area (Å²) in [5.41, 5.74) is 3.06. The van der Waals surface area contributed by atoms with Crippen LogP contribution >= 0.6 is 0 Å². The highest BCUT2D eigenvalue weighted by Gasteiger charge is 2.09. The zero-order valence-corrected chi connectivity index (χ0v) is 14.2. The summed E-state index contributed by atoms with van der Waals surface area (Å²) in [5.74, 6) is 1.31. The molecule has 0 bridgehead atoms. The van der Waals surface area contributed by atoms with Gasteiger partial charge in [-0.1, -0.05) is 12.1 Å². The van der Waals surface area contributed by atoms with E-state index in [2.05, 4.69) is 38.0 Å². The average molecular weight is 323 g/mol. The van der Waals surface area contributed by atoms with Crippen LogP contribution in [0.15, 0.2) is 41.8 Å². The van der Waals surface area contributed by atoms with Crippen molar-refractivity contribution in [1.82, 2.24) is 19.9 Å². The van der Waals surface area contributed by atoms with Crippen LogP contribution in [-0.2, 0) is 0 Å². The molecule has 0 saturated heterocycles. The first-order valence-electron chi connectivity index (χ1n) is 7.19. The standard InChI is InChI=1S/C16H16N5OSi/c1-11-5-4-6-12(15(11)22-23(2)3)19-10-14-20-9-13-16(21-14)18-8-7-17-13/h4-10H,1-3H3/p+1. The number of hydrogen-bond acceptors (Lipinski definition) is 6. The van der Waals surface area contributed by atoms with Crippen LogP contribution in [0.3, 0.4) is 0 Å². The van der Waals surface area contributed by atoms with E-state index in [9.17, 15) is 0 Å². The van der Waals surface area contributed by atoms with E-state index >= 15 is 0 Å². The van der Waals surface area contributed by atoms with Crippen LogP contribution in [-0.4, -0.2) is 35.2 Å². The van der Waals surface area contributed by atoms with E-state index in [-0.39, 0.29) is 1.43 Å². The Hall–Kier alpha value is -2.67. The van der Waals surface area contributed by atoms with Gasteiger partial charge in [-0.3, -0.25) is 0 Å². The van der Waals surface area contributed by atoms with Crippen molar-refractivity contribution in [3.8, 4) is 5.75 Å². The average Bonchev–Trinajstić information content (AvgIpc) is 2.55. The van der Waals surface area contributed by atoms with Crippen molar-refractivity contribution in [3.05, 3.63) is 48.2 Å². The summed E-state index contributed by atoms with van der Waals surface area (Å²) in [7, 11) is -0.865. The molecule has 0 aliphatic rings. The predicted molar refractivity (Wildman–Crippen MR) is 92.8 cm³/mol. The molecule has 0 atom stereocenters. The zero-order valence-electron chi connectivity index (χ0n) is 14.2. The van der Waals surface area contributed by atoms with Gasteiger partial charge in [0.15, 0.2) is 11.5 Å². The Morgan fingerprint density at radius 3 is 2.83 bits per heavy atom. The van der Waals surface area contributed by atoms with Gasteiger partial charge >= 0.3 is 1.43 Å². The van der Waals surface area contributed by atoms with Gasteiger partial charge in [0.25, 0.3) is 9.04 Å². The van der Waals surface area contributed by atoms with Crippen LogP contribution in [0.4, 0.5) is 5.69 Å². The fourth-order valence-electron chi connectivity index (χ4n) is 2.05. The molecule has 2 aromatic heterocycles. The predicted octanol–water partition coefficient (Wildman–Crippen LogP) is 3.22. The lowest BCUT2D eigenvalue weighted by Crippen LogP contribution is -2.12. The molecular formula is C16H17N5OSi+. The number of para-hydroxylation sites is 1. The maximum atomic E-state index is 5.96. The minimum atomic E-state index is -0.865. The van der Waals surface area contributed by atoms with Crippen molar-refractivity contribution in [1.29, 1.82) is 0 Å². The number of benzene rings is 1. The number of hydrogen-bond donors (Lipinski definition) is 0. The Kier molecular flexibility index (Phi) is 4.38. The highest BCUT2D eigenvalue weighted by molar-refractivity contribution is 6.49. The van der Waals surface area contributed by atoms with Crippen molar-refractivity contribution >= 4 is 32.1 Å². The molecule has 0 amide bonds. The van der Waals surface area contributed by atoms with Gasteiger partial charge in [-0.15, -0.1) is 0 Å². The van der Waals surface area contributed by atoms with Crippen molar-refractivity contribution in [2.24, 2.45) is 4.99 Å². The van der Waals surface area contributed by atoms with Gasteiger partial charge < -0.3 is 4.43 Å². The van der Waals surface area contributed by atoms with E-state index in [0.717, 1.165) is 17.0 Å². The summed E-state index contributed by atoms with van der Waals surface area (Å²) < 4.78 is 5.96. The SMILES string of the molecule is Cc1cccc(N=Cc2ncc3nccnc3n2)c1O[Si](C)C.[H+]. The minimum Gasteiger partial charge on any atom is -0.541 e. The Morgan fingerprint density at radius 1 is 1.17 bits per heavy atom. The second-order valence-electron chi connectivity index (χ2n) is 5.19. The summed E-state index contributed by atoms with van der Waals surface area (Å²) in [4.78, 5) is 21.4. The first-order chi connectivity index (χ1) is 11.1. The molecule has 0 spiro atoms. The number of nitrogens with zero attached hydrogens (tertiary/aromatic N) is 5. The lowest BCUT2D eigenvalue weighted by molar-refractivity contribution is 0.577. The minimum absolute atomic E-state index is 0. The Bertz CT molecular complexity index is 872. The molecular weight excluding hydrogens is 306 g/mol. The molecule has 3 rings (SSSR count). The van der Waals surface area contributed by atoms with E-state index in [1.807, 2.05) is 25.1 Å². The number of rotatable bonds is 4. The Balaban J connectivity index is 0.00000208. The Morgan fingerprint density at radius 2 is 2.00 bits per heavy atom. The molecule has 0 saturated carbocycles. The van der Waals surface area contributed by atoms with E-state index < -0.39 is 9.04 Å². The molecule has 7 heteroatoms. The lowest BCUT2D eigenvalue weighted by Gasteiger charge is -2.13. The zero-order chi connectivity index (χ0) is 16.2. The van der Waals surface area contributed by atoms with Gasteiger partial charge in [0.05, 0.1) is 12.4 Å². The van der Waals surface area contributed by atoms with Gasteiger partial charge in [0.2, 0.25) is 0 Å². The first-order valence-corrected chi connectivity index (χ1v) is 9.60. The highest BCUT2D eigenvalue weighted by Crippen LogP contribution is 2.31. The molecule has 0 aliphatic heterocycles. The fourth-order valence-corrected chi connectivity index (χ4v) is 2.72. The van der Waals surface area contributed by atoms with Gasteiger partial charge in [-0.2, -0.15) is 0 Å². The fraction of sp³-hybridized carbons (Fsp3) is 0.188. The van der Waals surface area contributed by atoms with Crippen molar-refractivity contribution in [2.45, 2.75) is 20.0 Å². The van der Waals surface area contributed by atoms with Crippen LogP contribution < -0.4 is 4.43 Å². The summed E-state index contributed by atoms with van der Waals surface area (Å²) >= 11 is 0. The molecule has 0 fully saturated rings. The third-order valence-electron chi connectivity index (χ3n) is 3.06. The normalized spacial score (nSPS) is 11.5. The molecule has 115 valence electrons. The van der Waals surface area contributed by atoms with Crippen molar-refractivity contribution in [3.63, 3.8) is 0 Å². The summed E-state index contributed by atoms with van der Waals surface area (Å²) in [6.07, 6.45) is 6.48. The van der Waals surface area contributed by atoms with Gasteiger partial charge in [-0.05, 0) is 31.6 Å². The number of fused-ring (bicyclic) bond motifs is 1. The van der Waals surface area contributed by atoms with E-state index in [1.165, 1.54) is 0 Å². The second kappa shape index (κ2) is 6.61. The van der Waals surface area contributed by atoms with Crippen molar-refractivity contribution < 1.29 is 5.85 Å². The van der Waals surface area contributed by atoms with Gasteiger partial charge in [-0.25, -0.2) is 24.9 Å². The summed E-state index contributed by atoms with van der Waals surface area (Å²) in [5, 5.41) is 0. The van der Waals surface area contributed by atoms with Crippen molar-refractivity contribution in [2.75, 3.05) is 0 Å². The third-order valence-corrected chi connectivity index (χ3v) is 3.67. The van der Waals surface area contributed by atoms with Gasteiger partial charge in [0.1, 0.15) is 17.0 Å². The van der Waals surface area contributed by atoms with Crippen LogP contribution in [0.25, 0.3) is 11.2 Å². The smallest absolute Gasteiger partial charge is 0.541 e. The molecule has 0 N–H and O–H groups in total. The Labute approximate surface area is 137 Å². The molecule has 23 heavy (non-hydrogen) atoms. The number of aromatic nitrogens is 4. The van der Waals surface area contributed by atoms with E-state index in [0.29, 0.717) is 17.0 Å². The summed E-state index contributed by atoms with van der Waals surface area (Å²) in [6, 6.07) is 5.89. The molecule has 0 aliphatic carbocycles. The van der Waals surface area contributed by atoms with Crippen LogP contribution in [0.5, 0.6) is 5.75 Å². The second-order valence-corrected chi connectivity index (χ2v) is 7.21. The largest absolute Gasteiger partial charge is 1.00 e. The van der Waals surface area contributed by atoms with E-state index in [1.54, 1.807) is 24.8 Å². The molecule has 1 radical (unpaired) electrons. The molecule has 2 heterocycles.